The summed E-state index contributed by atoms with van der Waals surface area (Å²) in [4.78, 5) is 10.9. The summed E-state index contributed by atoms with van der Waals surface area (Å²) in [6.07, 6.45) is 1.54. The van der Waals surface area contributed by atoms with Gasteiger partial charge in [-0.15, -0.1) is 35.3 Å². The molecule has 0 spiro atoms. The molecule has 2 aromatic rings. The normalized spacial score (nSPS) is 11.1. The molecule has 6 nitrogen and oxygen atoms in total. The van der Waals surface area contributed by atoms with E-state index in [0.717, 1.165) is 18.3 Å². The van der Waals surface area contributed by atoms with Gasteiger partial charge in [-0.2, -0.15) is 5.10 Å². The summed E-state index contributed by atoms with van der Waals surface area (Å²) in [5.74, 6) is 1.63. The topological polar surface area (TPSA) is 67.1 Å². The second kappa shape index (κ2) is 8.20. The van der Waals surface area contributed by atoms with E-state index in [9.17, 15) is 0 Å². The number of thiophene rings is 1. The smallest absolute Gasteiger partial charge is 0.191 e. The number of nitrogens with zero attached hydrogens (tertiary/aromatic N) is 4. The number of aromatic nitrogens is 3. The largest absolute Gasteiger partial charge is 0.352 e. The number of aliphatic imine (C=N–C) groups is 1. The van der Waals surface area contributed by atoms with Crippen molar-refractivity contribution >= 4 is 41.3 Å². The van der Waals surface area contributed by atoms with Crippen LogP contribution in [0, 0.1) is 6.92 Å². The molecule has 0 radical (unpaired) electrons. The van der Waals surface area contributed by atoms with Crippen molar-refractivity contribution < 1.29 is 0 Å². The Morgan fingerprint density at radius 3 is 2.65 bits per heavy atom. The molecule has 0 saturated heterocycles. The zero-order valence-electron chi connectivity index (χ0n) is 11.8. The van der Waals surface area contributed by atoms with Crippen LogP contribution in [0.4, 0.5) is 0 Å². The van der Waals surface area contributed by atoms with Gasteiger partial charge in [0.2, 0.25) is 0 Å². The van der Waals surface area contributed by atoms with E-state index in [-0.39, 0.29) is 24.0 Å². The van der Waals surface area contributed by atoms with E-state index in [2.05, 4.69) is 44.8 Å². The Hall–Kier alpha value is -1.16. The molecule has 0 aromatic carbocycles. The predicted octanol–water partition coefficient (Wildman–Crippen LogP) is 1.67. The van der Waals surface area contributed by atoms with Crippen LogP contribution in [0.3, 0.4) is 0 Å². The minimum absolute atomic E-state index is 0. The zero-order valence-corrected chi connectivity index (χ0v) is 14.9. The van der Waals surface area contributed by atoms with Gasteiger partial charge < -0.3 is 10.6 Å². The maximum absolute atomic E-state index is 4.18. The maximum atomic E-state index is 4.18. The van der Waals surface area contributed by atoms with Crippen molar-refractivity contribution in [3.05, 3.63) is 34.0 Å². The molecule has 8 heteroatoms. The van der Waals surface area contributed by atoms with E-state index in [1.165, 1.54) is 9.75 Å². The number of hydrogen-bond donors (Lipinski definition) is 2. The highest BCUT2D eigenvalue weighted by molar-refractivity contribution is 14.0. The van der Waals surface area contributed by atoms with Crippen LogP contribution in [-0.4, -0.2) is 27.8 Å². The molecule has 0 aliphatic carbocycles. The molecular formula is C12H19IN6S. The van der Waals surface area contributed by atoms with E-state index in [1.807, 2.05) is 7.05 Å². The lowest BCUT2D eigenvalue weighted by Crippen LogP contribution is -2.36. The average molecular weight is 406 g/mol. The van der Waals surface area contributed by atoms with Gasteiger partial charge in [0.05, 0.1) is 13.1 Å². The SMILES string of the molecule is CN=C(NCc1ccc(C)s1)NCc1ncnn1C.I. The van der Waals surface area contributed by atoms with Crippen molar-refractivity contribution in [3.8, 4) is 0 Å². The molecule has 0 bridgehead atoms. The monoisotopic (exact) mass is 406 g/mol. The third-order valence-corrected chi connectivity index (χ3v) is 3.67. The van der Waals surface area contributed by atoms with Crippen molar-refractivity contribution in [1.29, 1.82) is 0 Å². The van der Waals surface area contributed by atoms with Gasteiger partial charge in [0.25, 0.3) is 0 Å². The minimum Gasteiger partial charge on any atom is -0.352 e. The van der Waals surface area contributed by atoms with Crippen molar-refractivity contribution in [1.82, 2.24) is 25.4 Å². The Labute approximate surface area is 139 Å². The van der Waals surface area contributed by atoms with Gasteiger partial charge >= 0.3 is 0 Å². The van der Waals surface area contributed by atoms with E-state index in [1.54, 1.807) is 29.4 Å². The summed E-state index contributed by atoms with van der Waals surface area (Å²) in [6.45, 7) is 3.48. The molecule has 2 heterocycles. The van der Waals surface area contributed by atoms with Crippen molar-refractivity contribution in [2.45, 2.75) is 20.0 Å². The van der Waals surface area contributed by atoms with Crippen LogP contribution in [0.15, 0.2) is 23.5 Å². The fourth-order valence-corrected chi connectivity index (χ4v) is 2.44. The molecule has 2 rings (SSSR count). The second-order valence-electron chi connectivity index (χ2n) is 4.09. The minimum atomic E-state index is 0. The zero-order chi connectivity index (χ0) is 13.7. The van der Waals surface area contributed by atoms with E-state index in [4.69, 9.17) is 0 Å². The third kappa shape index (κ3) is 4.75. The van der Waals surface area contributed by atoms with Crippen LogP contribution in [0.2, 0.25) is 0 Å². The lowest BCUT2D eigenvalue weighted by molar-refractivity contribution is 0.673. The molecule has 20 heavy (non-hydrogen) atoms. The van der Waals surface area contributed by atoms with Gasteiger partial charge in [0.15, 0.2) is 5.96 Å². The molecule has 0 atom stereocenters. The van der Waals surface area contributed by atoms with Gasteiger partial charge in [0, 0.05) is 23.8 Å². The van der Waals surface area contributed by atoms with Crippen LogP contribution >= 0.6 is 35.3 Å². The number of hydrogen-bond acceptors (Lipinski definition) is 4. The second-order valence-corrected chi connectivity index (χ2v) is 5.46. The molecule has 2 aromatic heterocycles. The Kier molecular flexibility index (Phi) is 6.93. The van der Waals surface area contributed by atoms with Crippen molar-refractivity contribution in [2.75, 3.05) is 7.05 Å². The van der Waals surface area contributed by atoms with E-state index in [0.29, 0.717) is 6.54 Å². The highest BCUT2D eigenvalue weighted by atomic mass is 127. The molecule has 110 valence electrons. The van der Waals surface area contributed by atoms with Crippen LogP contribution in [0.1, 0.15) is 15.6 Å². The fourth-order valence-electron chi connectivity index (χ4n) is 1.61. The van der Waals surface area contributed by atoms with E-state index < -0.39 is 0 Å². The third-order valence-electron chi connectivity index (χ3n) is 2.67. The summed E-state index contributed by atoms with van der Waals surface area (Å²) in [6, 6.07) is 4.25. The molecule has 0 aliphatic heterocycles. The molecule has 0 fully saturated rings. The lowest BCUT2D eigenvalue weighted by atomic mass is 10.4. The van der Waals surface area contributed by atoms with Gasteiger partial charge in [-0.3, -0.25) is 9.67 Å². The summed E-state index contributed by atoms with van der Waals surface area (Å²) in [7, 11) is 3.63. The number of rotatable bonds is 4. The highest BCUT2D eigenvalue weighted by Gasteiger charge is 2.03. The van der Waals surface area contributed by atoms with Crippen molar-refractivity contribution in [3.63, 3.8) is 0 Å². The average Bonchev–Trinajstić information content (AvgIpc) is 2.99. The van der Waals surface area contributed by atoms with Crippen LogP contribution in [-0.2, 0) is 20.1 Å². The molecule has 0 aliphatic rings. The van der Waals surface area contributed by atoms with Gasteiger partial charge in [-0.1, -0.05) is 0 Å². The van der Waals surface area contributed by atoms with Crippen molar-refractivity contribution in [2.24, 2.45) is 12.0 Å². The first-order chi connectivity index (χ1) is 9.19. The Morgan fingerprint density at radius 2 is 2.10 bits per heavy atom. The lowest BCUT2D eigenvalue weighted by Gasteiger charge is -2.10. The molecular weight excluding hydrogens is 387 g/mol. The summed E-state index contributed by atoms with van der Waals surface area (Å²) in [5, 5.41) is 10.5. The number of aryl methyl sites for hydroxylation is 2. The standard InChI is InChI=1S/C12H18N6S.HI/c1-9-4-5-10(19-9)6-14-12(13-2)15-7-11-16-8-17-18(11)3;/h4-5,8H,6-7H2,1-3H3,(H2,13,14,15);1H. The number of guanidine groups is 1. The van der Waals surface area contributed by atoms with Gasteiger partial charge in [-0.25, -0.2) is 4.98 Å². The number of halogens is 1. The van der Waals surface area contributed by atoms with Gasteiger partial charge in [-0.05, 0) is 19.1 Å². The Morgan fingerprint density at radius 1 is 1.35 bits per heavy atom. The first kappa shape index (κ1) is 16.9. The van der Waals surface area contributed by atoms with Crippen LogP contribution in [0.25, 0.3) is 0 Å². The van der Waals surface area contributed by atoms with Crippen LogP contribution < -0.4 is 10.6 Å². The quantitative estimate of drug-likeness (QED) is 0.461. The summed E-state index contributed by atoms with van der Waals surface area (Å²) in [5.41, 5.74) is 0. The Balaban J connectivity index is 0.00000200. The first-order valence-electron chi connectivity index (χ1n) is 6.01. The Bertz CT molecular complexity index is 562. The van der Waals surface area contributed by atoms with Gasteiger partial charge in [0.1, 0.15) is 12.2 Å². The maximum Gasteiger partial charge on any atom is 0.191 e. The predicted molar refractivity (Wildman–Crippen MR) is 92.5 cm³/mol. The van der Waals surface area contributed by atoms with Crippen LogP contribution in [0.5, 0.6) is 0 Å². The highest BCUT2D eigenvalue weighted by Crippen LogP contribution is 2.14. The molecule has 2 N–H and O–H groups in total. The summed E-state index contributed by atoms with van der Waals surface area (Å²) >= 11 is 1.79. The fraction of sp³-hybridized carbons (Fsp3) is 0.417. The molecule has 0 amide bonds. The summed E-state index contributed by atoms with van der Waals surface area (Å²) < 4.78 is 1.74. The molecule has 0 unspecified atom stereocenters. The number of nitrogens with one attached hydrogen (secondary N) is 2. The first-order valence-corrected chi connectivity index (χ1v) is 6.83. The molecule has 0 saturated carbocycles. The van der Waals surface area contributed by atoms with E-state index >= 15 is 0 Å².